The van der Waals surface area contributed by atoms with Crippen LogP contribution in [0.3, 0.4) is 0 Å². The van der Waals surface area contributed by atoms with Crippen LogP contribution in [0.1, 0.15) is 5.56 Å². The highest BCUT2D eigenvalue weighted by Crippen LogP contribution is 2.27. The first-order valence-corrected chi connectivity index (χ1v) is 3.52. The maximum absolute atomic E-state index is 12.7. The van der Waals surface area contributed by atoms with E-state index >= 15 is 0 Å². The quantitative estimate of drug-likeness (QED) is 0.722. The Labute approximate surface area is 71.0 Å². The molecule has 0 heterocycles. The number of aromatic hydroxyl groups is 1. The molecule has 0 aliphatic heterocycles. The smallest absolute Gasteiger partial charge is 0.142 e. The molecule has 0 amide bonds. The topological polar surface area (TPSA) is 44.0 Å². The Kier molecular flexibility index (Phi) is 2.11. The number of phenols is 1. The average Bonchev–Trinajstić information content (AvgIpc) is 1.99. The van der Waals surface area contributed by atoms with Crippen molar-refractivity contribution in [3.05, 3.63) is 28.0 Å². The molecule has 0 radical (unpaired) electrons. The van der Waals surface area contributed by atoms with Crippen LogP contribution in [0.4, 0.5) is 4.39 Å². The van der Waals surface area contributed by atoms with E-state index in [0.717, 1.165) is 6.07 Å². The molecule has 0 aliphatic carbocycles. The van der Waals surface area contributed by atoms with Crippen LogP contribution in [0.15, 0.2) is 16.6 Å². The highest BCUT2D eigenvalue weighted by atomic mass is 79.9. The summed E-state index contributed by atoms with van der Waals surface area (Å²) in [6, 6.07) is 3.95. The SMILES string of the molecule is N#Cc1cc(O)c(Br)c(F)c1. The molecular weight excluding hydrogens is 213 g/mol. The molecule has 0 aromatic heterocycles. The number of halogens is 2. The minimum Gasteiger partial charge on any atom is -0.507 e. The second kappa shape index (κ2) is 2.89. The van der Waals surface area contributed by atoms with Gasteiger partial charge in [0.25, 0.3) is 0 Å². The van der Waals surface area contributed by atoms with Gasteiger partial charge in [-0.3, -0.25) is 0 Å². The third-order valence-electron chi connectivity index (χ3n) is 1.14. The van der Waals surface area contributed by atoms with Crippen LogP contribution in [0.5, 0.6) is 5.75 Å². The van der Waals surface area contributed by atoms with Gasteiger partial charge in [0.05, 0.1) is 16.1 Å². The van der Waals surface area contributed by atoms with Crippen molar-refractivity contribution < 1.29 is 9.50 Å². The van der Waals surface area contributed by atoms with Crippen LogP contribution in [0, 0.1) is 17.1 Å². The fourth-order valence-electron chi connectivity index (χ4n) is 0.639. The number of hydrogen-bond acceptors (Lipinski definition) is 2. The molecule has 1 aromatic carbocycles. The predicted molar refractivity (Wildman–Crippen MR) is 40.5 cm³/mol. The fraction of sp³-hybridized carbons (Fsp3) is 0. The Bertz CT molecular complexity index is 309. The summed E-state index contributed by atoms with van der Waals surface area (Å²) in [6.45, 7) is 0. The molecule has 0 spiro atoms. The number of phenolic OH excluding ortho intramolecular Hbond substituents is 1. The van der Waals surface area contributed by atoms with E-state index in [1.54, 1.807) is 6.07 Å². The molecule has 1 N–H and O–H groups in total. The van der Waals surface area contributed by atoms with Gasteiger partial charge in [-0.05, 0) is 28.1 Å². The van der Waals surface area contributed by atoms with Crippen molar-refractivity contribution in [2.45, 2.75) is 0 Å². The number of benzene rings is 1. The van der Waals surface area contributed by atoms with Gasteiger partial charge in [-0.1, -0.05) is 0 Å². The first-order valence-electron chi connectivity index (χ1n) is 2.73. The van der Waals surface area contributed by atoms with Gasteiger partial charge in [0, 0.05) is 0 Å². The van der Waals surface area contributed by atoms with E-state index in [0.29, 0.717) is 0 Å². The second-order valence-electron chi connectivity index (χ2n) is 1.90. The Morgan fingerprint density at radius 2 is 2.18 bits per heavy atom. The second-order valence-corrected chi connectivity index (χ2v) is 2.70. The molecule has 2 nitrogen and oxygen atoms in total. The van der Waals surface area contributed by atoms with Crippen LogP contribution >= 0.6 is 15.9 Å². The normalized spacial score (nSPS) is 9.18. The number of nitrogens with zero attached hydrogens (tertiary/aromatic N) is 1. The van der Waals surface area contributed by atoms with Crippen molar-refractivity contribution in [2.24, 2.45) is 0 Å². The van der Waals surface area contributed by atoms with Crippen molar-refractivity contribution in [1.29, 1.82) is 5.26 Å². The van der Waals surface area contributed by atoms with Gasteiger partial charge in [0.2, 0.25) is 0 Å². The molecule has 0 unspecified atom stereocenters. The molecule has 0 saturated heterocycles. The predicted octanol–water partition coefficient (Wildman–Crippen LogP) is 2.17. The van der Waals surface area contributed by atoms with Gasteiger partial charge in [0.15, 0.2) is 0 Å². The summed E-state index contributed by atoms with van der Waals surface area (Å²) in [5, 5.41) is 17.3. The molecule has 0 saturated carbocycles. The monoisotopic (exact) mass is 215 g/mol. The van der Waals surface area contributed by atoms with Gasteiger partial charge in [-0.25, -0.2) is 4.39 Å². The molecule has 1 aromatic rings. The van der Waals surface area contributed by atoms with E-state index < -0.39 is 5.82 Å². The Balaban J connectivity index is 3.35. The Morgan fingerprint density at radius 1 is 1.55 bits per heavy atom. The molecule has 0 aliphatic rings. The van der Waals surface area contributed by atoms with Gasteiger partial charge in [-0.2, -0.15) is 5.26 Å². The third-order valence-corrected chi connectivity index (χ3v) is 1.92. The summed E-state index contributed by atoms with van der Waals surface area (Å²) in [6.07, 6.45) is 0. The van der Waals surface area contributed by atoms with Crippen molar-refractivity contribution in [3.8, 4) is 11.8 Å². The summed E-state index contributed by atoms with van der Waals surface area (Å²) >= 11 is 2.81. The molecule has 0 fully saturated rings. The molecule has 11 heavy (non-hydrogen) atoms. The number of hydrogen-bond donors (Lipinski definition) is 1. The van der Waals surface area contributed by atoms with E-state index in [1.165, 1.54) is 6.07 Å². The fourth-order valence-corrected chi connectivity index (χ4v) is 0.868. The van der Waals surface area contributed by atoms with Crippen molar-refractivity contribution in [2.75, 3.05) is 0 Å². The van der Waals surface area contributed by atoms with Crippen molar-refractivity contribution >= 4 is 15.9 Å². The lowest BCUT2D eigenvalue weighted by Gasteiger charge is -1.97. The number of nitriles is 1. The lowest BCUT2D eigenvalue weighted by Crippen LogP contribution is -1.81. The average molecular weight is 216 g/mol. The number of rotatable bonds is 0. The van der Waals surface area contributed by atoms with E-state index in [9.17, 15) is 4.39 Å². The van der Waals surface area contributed by atoms with Gasteiger partial charge < -0.3 is 5.11 Å². The molecule has 0 atom stereocenters. The van der Waals surface area contributed by atoms with Crippen LogP contribution in [0.25, 0.3) is 0 Å². The Morgan fingerprint density at radius 3 is 2.64 bits per heavy atom. The first kappa shape index (κ1) is 8.02. The maximum atomic E-state index is 12.7. The molecule has 0 bridgehead atoms. The summed E-state index contributed by atoms with van der Waals surface area (Å²) in [5.41, 5.74) is 0.100. The van der Waals surface area contributed by atoms with Crippen LogP contribution < -0.4 is 0 Å². The standard InChI is InChI=1S/C7H3BrFNO/c8-7-5(9)1-4(3-10)2-6(7)11/h1-2,11H. The third kappa shape index (κ3) is 1.49. The lowest BCUT2D eigenvalue weighted by atomic mass is 10.2. The summed E-state index contributed by atoms with van der Waals surface area (Å²) in [7, 11) is 0. The highest BCUT2D eigenvalue weighted by Gasteiger charge is 2.06. The van der Waals surface area contributed by atoms with E-state index in [2.05, 4.69) is 15.9 Å². The molecule has 1 rings (SSSR count). The van der Waals surface area contributed by atoms with E-state index in [4.69, 9.17) is 10.4 Å². The van der Waals surface area contributed by atoms with Crippen LogP contribution in [-0.4, -0.2) is 5.11 Å². The lowest BCUT2D eigenvalue weighted by molar-refractivity contribution is 0.464. The van der Waals surface area contributed by atoms with E-state index in [-0.39, 0.29) is 15.8 Å². The summed E-state index contributed by atoms with van der Waals surface area (Å²) in [5.74, 6) is -0.900. The molecule has 4 heteroatoms. The van der Waals surface area contributed by atoms with Gasteiger partial charge in [-0.15, -0.1) is 0 Å². The zero-order valence-electron chi connectivity index (χ0n) is 5.31. The minimum atomic E-state index is -0.637. The Hall–Kier alpha value is -1.08. The van der Waals surface area contributed by atoms with Crippen LogP contribution in [0.2, 0.25) is 0 Å². The zero-order valence-corrected chi connectivity index (χ0v) is 6.89. The van der Waals surface area contributed by atoms with Crippen molar-refractivity contribution in [3.63, 3.8) is 0 Å². The summed E-state index contributed by atoms with van der Waals surface area (Å²) in [4.78, 5) is 0. The summed E-state index contributed by atoms with van der Waals surface area (Å²) < 4.78 is 12.7. The van der Waals surface area contributed by atoms with E-state index in [1.807, 2.05) is 0 Å². The van der Waals surface area contributed by atoms with Gasteiger partial charge in [0.1, 0.15) is 11.6 Å². The highest BCUT2D eigenvalue weighted by molar-refractivity contribution is 9.10. The molecular formula is C7H3BrFNO. The zero-order chi connectivity index (χ0) is 8.43. The minimum absolute atomic E-state index is 0.0171. The van der Waals surface area contributed by atoms with Crippen LogP contribution in [-0.2, 0) is 0 Å². The largest absolute Gasteiger partial charge is 0.507 e. The van der Waals surface area contributed by atoms with Gasteiger partial charge >= 0.3 is 0 Å². The molecule has 56 valence electrons. The first-order chi connectivity index (χ1) is 5.15. The van der Waals surface area contributed by atoms with Crippen molar-refractivity contribution in [1.82, 2.24) is 0 Å². The maximum Gasteiger partial charge on any atom is 0.142 e.